The summed E-state index contributed by atoms with van der Waals surface area (Å²) in [6.45, 7) is -0.485. The molecular weight excluding hydrogens is 307 g/mol. The first kappa shape index (κ1) is 15.7. The lowest BCUT2D eigenvalue weighted by molar-refractivity contribution is -0.114. The van der Waals surface area contributed by atoms with Crippen molar-refractivity contribution in [1.82, 2.24) is 0 Å². The van der Waals surface area contributed by atoms with Crippen LogP contribution in [0.15, 0.2) is 30.3 Å². The van der Waals surface area contributed by atoms with Gasteiger partial charge in [0.1, 0.15) is 0 Å². The van der Waals surface area contributed by atoms with E-state index in [0.29, 0.717) is 6.07 Å². The minimum Gasteiger partial charge on any atom is -0.374 e. The Labute approximate surface area is 121 Å². The molecule has 2 rings (SSSR count). The highest BCUT2D eigenvalue weighted by molar-refractivity contribution is 5.93. The van der Waals surface area contributed by atoms with Crippen LogP contribution in [-0.2, 0) is 4.79 Å². The summed E-state index contributed by atoms with van der Waals surface area (Å²) in [5.74, 6) is -7.39. The van der Waals surface area contributed by atoms with Crippen LogP contribution in [0.4, 0.5) is 33.3 Å². The minimum atomic E-state index is -1.66. The first-order valence-corrected chi connectivity index (χ1v) is 6.00. The molecule has 0 radical (unpaired) electrons. The molecule has 0 atom stereocenters. The molecule has 2 aromatic rings. The number of amides is 1. The van der Waals surface area contributed by atoms with Crippen molar-refractivity contribution >= 4 is 17.3 Å². The van der Waals surface area contributed by atoms with Crippen molar-refractivity contribution in [1.29, 1.82) is 0 Å². The molecule has 3 nitrogen and oxygen atoms in total. The Morgan fingerprint density at radius 2 is 1.55 bits per heavy atom. The summed E-state index contributed by atoms with van der Waals surface area (Å²) in [5, 5.41) is 4.49. The van der Waals surface area contributed by atoms with E-state index in [9.17, 15) is 26.7 Å². The summed E-state index contributed by atoms with van der Waals surface area (Å²) < 4.78 is 64.7. The van der Waals surface area contributed by atoms with Gasteiger partial charge >= 0.3 is 0 Å². The van der Waals surface area contributed by atoms with E-state index >= 15 is 0 Å². The number of carbonyl (C=O) groups excluding carboxylic acids is 1. The number of carbonyl (C=O) groups is 1. The Kier molecular flexibility index (Phi) is 4.59. The highest BCUT2D eigenvalue weighted by Crippen LogP contribution is 2.19. The zero-order valence-electron chi connectivity index (χ0n) is 10.9. The van der Waals surface area contributed by atoms with Gasteiger partial charge in [-0.05, 0) is 24.3 Å². The van der Waals surface area contributed by atoms with Crippen molar-refractivity contribution in [2.75, 3.05) is 17.2 Å². The molecule has 0 saturated heterocycles. The smallest absolute Gasteiger partial charge is 0.243 e. The molecule has 2 aromatic carbocycles. The van der Waals surface area contributed by atoms with Crippen molar-refractivity contribution < 1.29 is 26.7 Å². The minimum absolute atomic E-state index is 0.00328. The summed E-state index contributed by atoms with van der Waals surface area (Å²) in [6.07, 6.45) is 0. The number of nitrogens with one attached hydrogen (secondary N) is 2. The number of rotatable bonds is 4. The molecule has 2 N–H and O–H groups in total. The van der Waals surface area contributed by atoms with Gasteiger partial charge in [0.25, 0.3) is 0 Å². The Morgan fingerprint density at radius 1 is 0.864 bits per heavy atom. The highest BCUT2D eigenvalue weighted by Gasteiger charge is 2.14. The van der Waals surface area contributed by atoms with E-state index in [1.54, 1.807) is 0 Å². The number of hydrogen-bond donors (Lipinski definition) is 2. The summed E-state index contributed by atoms with van der Waals surface area (Å²) in [5.41, 5.74) is -0.407. The third-order valence-electron chi connectivity index (χ3n) is 2.68. The Bertz CT molecular complexity index is 721. The van der Waals surface area contributed by atoms with Gasteiger partial charge in [0, 0.05) is 11.8 Å². The topological polar surface area (TPSA) is 41.1 Å². The summed E-state index contributed by atoms with van der Waals surface area (Å²) in [7, 11) is 0. The molecule has 0 aliphatic heterocycles. The van der Waals surface area contributed by atoms with Crippen LogP contribution in [0.5, 0.6) is 0 Å². The lowest BCUT2D eigenvalue weighted by Crippen LogP contribution is -2.22. The lowest BCUT2D eigenvalue weighted by atomic mass is 10.2. The molecule has 0 spiro atoms. The summed E-state index contributed by atoms with van der Waals surface area (Å²) >= 11 is 0. The lowest BCUT2D eigenvalue weighted by Gasteiger charge is -2.09. The summed E-state index contributed by atoms with van der Waals surface area (Å²) in [4.78, 5) is 11.6. The fourth-order valence-electron chi connectivity index (χ4n) is 1.62. The zero-order chi connectivity index (χ0) is 16.3. The molecule has 0 aliphatic rings. The fourth-order valence-corrected chi connectivity index (χ4v) is 1.62. The predicted octanol–water partition coefficient (Wildman–Crippen LogP) is 3.43. The van der Waals surface area contributed by atoms with Crippen LogP contribution in [0.1, 0.15) is 0 Å². The zero-order valence-corrected chi connectivity index (χ0v) is 10.9. The molecule has 0 bridgehead atoms. The molecular formula is C14H9F5N2O. The average Bonchev–Trinajstić information content (AvgIpc) is 2.48. The van der Waals surface area contributed by atoms with Crippen molar-refractivity contribution in [2.45, 2.75) is 0 Å². The van der Waals surface area contributed by atoms with Crippen molar-refractivity contribution in [3.8, 4) is 0 Å². The standard InChI is InChI=1S/C14H9F5N2O/c15-8-2-1-7(5-10(8)17)21-12(22)6-20-11-4-3-9(16)13(18)14(11)19/h1-5,20H,6H2,(H,21,22). The van der Waals surface area contributed by atoms with Gasteiger partial charge in [-0.3, -0.25) is 4.79 Å². The van der Waals surface area contributed by atoms with Crippen LogP contribution in [0, 0.1) is 29.1 Å². The monoisotopic (exact) mass is 316 g/mol. The van der Waals surface area contributed by atoms with Gasteiger partial charge in [-0.1, -0.05) is 0 Å². The van der Waals surface area contributed by atoms with E-state index in [1.807, 2.05) is 0 Å². The largest absolute Gasteiger partial charge is 0.374 e. The number of anilines is 2. The third-order valence-corrected chi connectivity index (χ3v) is 2.68. The van der Waals surface area contributed by atoms with Crippen molar-refractivity contribution in [2.24, 2.45) is 0 Å². The maximum absolute atomic E-state index is 13.3. The van der Waals surface area contributed by atoms with Crippen LogP contribution in [0.25, 0.3) is 0 Å². The van der Waals surface area contributed by atoms with E-state index in [4.69, 9.17) is 0 Å². The van der Waals surface area contributed by atoms with E-state index in [-0.39, 0.29) is 5.69 Å². The first-order valence-electron chi connectivity index (χ1n) is 6.00. The first-order chi connectivity index (χ1) is 10.4. The van der Waals surface area contributed by atoms with Crippen LogP contribution in [0.3, 0.4) is 0 Å². The van der Waals surface area contributed by atoms with Gasteiger partial charge in [-0.15, -0.1) is 0 Å². The van der Waals surface area contributed by atoms with Gasteiger partial charge in [0.05, 0.1) is 12.2 Å². The number of hydrogen-bond acceptors (Lipinski definition) is 2. The molecule has 1 amide bonds. The molecule has 0 unspecified atom stereocenters. The van der Waals surface area contributed by atoms with Crippen LogP contribution in [-0.4, -0.2) is 12.5 Å². The molecule has 0 fully saturated rings. The number of halogens is 5. The third kappa shape index (κ3) is 3.51. The van der Waals surface area contributed by atoms with E-state index in [2.05, 4.69) is 10.6 Å². The Hall–Kier alpha value is -2.64. The van der Waals surface area contributed by atoms with Gasteiger partial charge < -0.3 is 10.6 Å². The normalized spacial score (nSPS) is 10.4. The molecule has 0 saturated carbocycles. The van der Waals surface area contributed by atoms with Crippen molar-refractivity contribution in [3.63, 3.8) is 0 Å². The van der Waals surface area contributed by atoms with Gasteiger partial charge in [-0.2, -0.15) is 0 Å². The highest BCUT2D eigenvalue weighted by atomic mass is 19.2. The number of benzene rings is 2. The fraction of sp³-hybridized carbons (Fsp3) is 0.0714. The van der Waals surface area contributed by atoms with Gasteiger partial charge in [0.15, 0.2) is 29.1 Å². The van der Waals surface area contributed by atoms with Crippen LogP contribution in [0.2, 0.25) is 0 Å². The van der Waals surface area contributed by atoms with Gasteiger partial charge in [0.2, 0.25) is 5.91 Å². The molecule has 0 aliphatic carbocycles. The Balaban J connectivity index is 1.98. The van der Waals surface area contributed by atoms with E-state index in [0.717, 1.165) is 24.3 Å². The maximum atomic E-state index is 13.3. The molecule has 116 valence electrons. The van der Waals surface area contributed by atoms with Crippen molar-refractivity contribution in [3.05, 3.63) is 59.4 Å². The van der Waals surface area contributed by atoms with E-state index < -0.39 is 47.2 Å². The predicted molar refractivity (Wildman–Crippen MR) is 69.8 cm³/mol. The molecule has 8 heteroatoms. The summed E-state index contributed by atoms with van der Waals surface area (Å²) in [6, 6.07) is 4.36. The maximum Gasteiger partial charge on any atom is 0.243 e. The average molecular weight is 316 g/mol. The molecule has 0 heterocycles. The second kappa shape index (κ2) is 6.42. The molecule has 0 aromatic heterocycles. The quantitative estimate of drug-likeness (QED) is 0.670. The molecule has 22 heavy (non-hydrogen) atoms. The van der Waals surface area contributed by atoms with Crippen LogP contribution < -0.4 is 10.6 Å². The van der Waals surface area contributed by atoms with Gasteiger partial charge in [-0.25, -0.2) is 22.0 Å². The second-order valence-corrected chi connectivity index (χ2v) is 4.25. The van der Waals surface area contributed by atoms with Crippen LogP contribution >= 0.6 is 0 Å². The van der Waals surface area contributed by atoms with E-state index in [1.165, 1.54) is 0 Å². The SMILES string of the molecule is O=C(CNc1ccc(F)c(F)c1F)Nc1ccc(F)c(F)c1. The second-order valence-electron chi connectivity index (χ2n) is 4.25. The Morgan fingerprint density at radius 3 is 2.23 bits per heavy atom.